The summed E-state index contributed by atoms with van der Waals surface area (Å²) in [4.78, 5) is 10.8. The minimum atomic E-state index is 0.183. The van der Waals surface area contributed by atoms with Crippen LogP contribution in [0, 0.1) is 0 Å². The Kier molecular flexibility index (Phi) is 6.42. The van der Waals surface area contributed by atoms with Crippen LogP contribution in [0.5, 0.6) is 5.75 Å². The van der Waals surface area contributed by atoms with E-state index in [1.807, 2.05) is 67.8 Å². The average molecular weight is 361 g/mol. The Morgan fingerprint density at radius 1 is 1.00 bits per heavy atom. The molecule has 27 heavy (non-hydrogen) atoms. The van der Waals surface area contributed by atoms with Gasteiger partial charge in [0.15, 0.2) is 0 Å². The van der Waals surface area contributed by atoms with E-state index in [1.165, 1.54) is 5.56 Å². The van der Waals surface area contributed by atoms with Crippen molar-refractivity contribution in [2.75, 3.05) is 19.0 Å². The van der Waals surface area contributed by atoms with Crippen molar-refractivity contribution in [3.05, 3.63) is 72.6 Å². The number of anilines is 1. The molecule has 0 N–H and O–H groups in total. The lowest BCUT2D eigenvalue weighted by molar-refractivity contribution is 0.208. The molecule has 3 aromatic rings. The normalized spacial score (nSPS) is 11.8. The molecule has 0 aliphatic rings. The van der Waals surface area contributed by atoms with E-state index in [0.717, 1.165) is 42.1 Å². The van der Waals surface area contributed by atoms with E-state index in [1.54, 1.807) is 0 Å². The van der Waals surface area contributed by atoms with Gasteiger partial charge in [0.05, 0.1) is 11.8 Å². The summed E-state index contributed by atoms with van der Waals surface area (Å²) in [5.41, 5.74) is 3.34. The first kappa shape index (κ1) is 18.9. The monoisotopic (exact) mass is 361 g/mol. The molecule has 0 aliphatic carbocycles. The standard InChI is InChI=1S/C23H27N3O/c1-18(7-4-8-19-9-6-16-24-17-19)27-21-14-12-20(13-15-21)22-10-5-11-23(25-22)26(2)3/h5-6,9-18H,4,7-8H2,1-3H3/t18-/m0/s1. The first-order chi connectivity index (χ1) is 13.1. The number of ether oxygens (including phenoxy) is 1. The molecule has 0 bridgehead atoms. The van der Waals surface area contributed by atoms with E-state index >= 15 is 0 Å². The maximum absolute atomic E-state index is 6.06. The summed E-state index contributed by atoms with van der Waals surface area (Å²) >= 11 is 0. The molecule has 0 saturated heterocycles. The molecule has 1 aromatic carbocycles. The number of rotatable bonds is 8. The fourth-order valence-corrected chi connectivity index (χ4v) is 2.97. The van der Waals surface area contributed by atoms with Crippen molar-refractivity contribution in [3.8, 4) is 17.0 Å². The van der Waals surface area contributed by atoms with Gasteiger partial charge in [-0.05, 0) is 74.2 Å². The second-order valence-corrected chi connectivity index (χ2v) is 6.98. The maximum Gasteiger partial charge on any atom is 0.128 e. The Labute approximate surface area is 161 Å². The summed E-state index contributed by atoms with van der Waals surface area (Å²) in [6.45, 7) is 2.12. The van der Waals surface area contributed by atoms with Crippen LogP contribution in [0.15, 0.2) is 67.0 Å². The van der Waals surface area contributed by atoms with Crippen molar-refractivity contribution in [1.82, 2.24) is 9.97 Å². The third-order valence-corrected chi connectivity index (χ3v) is 4.48. The Morgan fingerprint density at radius 3 is 2.52 bits per heavy atom. The quantitative estimate of drug-likeness (QED) is 0.566. The van der Waals surface area contributed by atoms with Crippen LogP contribution in [-0.2, 0) is 6.42 Å². The SMILES string of the molecule is C[C@@H](CCCc1cccnc1)Oc1ccc(-c2cccc(N(C)C)n2)cc1. The molecule has 4 nitrogen and oxygen atoms in total. The molecular formula is C23H27N3O. The predicted octanol–water partition coefficient (Wildman–Crippen LogP) is 5.00. The first-order valence-corrected chi connectivity index (χ1v) is 9.42. The van der Waals surface area contributed by atoms with Crippen molar-refractivity contribution in [3.63, 3.8) is 0 Å². The Hall–Kier alpha value is -2.88. The van der Waals surface area contributed by atoms with E-state index in [-0.39, 0.29) is 6.10 Å². The van der Waals surface area contributed by atoms with Gasteiger partial charge < -0.3 is 9.64 Å². The van der Waals surface area contributed by atoms with Crippen molar-refractivity contribution in [2.45, 2.75) is 32.3 Å². The zero-order valence-corrected chi connectivity index (χ0v) is 16.3. The van der Waals surface area contributed by atoms with E-state index in [0.29, 0.717) is 0 Å². The third kappa shape index (κ3) is 5.55. The smallest absolute Gasteiger partial charge is 0.128 e. The second kappa shape index (κ2) is 9.17. The van der Waals surface area contributed by atoms with Crippen LogP contribution in [-0.4, -0.2) is 30.2 Å². The number of aromatic nitrogens is 2. The largest absolute Gasteiger partial charge is 0.491 e. The van der Waals surface area contributed by atoms with Gasteiger partial charge >= 0.3 is 0 Å². The number of nitrogens with zero attached hydrogens (tertiary/aromatic N) is 3. The van der Waals surface area contributed by atoms with Crippen molar-refractivity contribution in [1.29, 1.82) is 0 Å². The second-order valence-electron chi connectivity index (χ2n) is 6.98. The van der Waals surface area contributed by atoms with Crippen molar-refractivity contribution >= 4 is 5.82 Å². The summed E-state index contributed by atoms with van der Waals surface area (Å²) in [7, 11) is 4.00. The van der Waals surface area contributed by atoms with Crippen LogP contribution in [0.25, 0.3) is 11.3 Å². The molecule has 0 fully saturated rings. The van der Waals surface area contributed by atoms with Gasteiger partial charge in [0.2, 0.25) is 0 Å². The molecule has 0 spiro atoms. The van der Waals surface area contributed by atoms with E-state index in [2.05, 4.69) is 35.1 Å². The van der Waals surface area contributed by atoms with Crippen molar-refractivity contribution < 1.29 is 4.74 Å². The van der Waals surface area contributed by atoms with Gasteiger partial charge in [0, 0.05) is 32.1 Å². The lowest BCUT2D eigenvalue weighted by Gasteiger charge is -2.15. The number of aryl methyl sites for hydroxylation is 1. The van der Waals surface area contributed by atoms with E-state index in [9.17, 15) is 0 Å². The van der Waals surface area contributed by atoms with Crippen LogP contribution in [0.2, 0.25) is 0 Å². The molecule has 140 valence electrons. The van der Waals surface area contributed by atoms with Crippen LogP contribution in [0.1, 0.15) is 25.3 Å². The summed E-state index contributed by atoms with van der Waals surface area (Å²) < 4.78 is 6.06. The summed E-state index contributed by atoms with van der Waals surface area (Å²) in [5.74, 6) is 1.85. The van der Waals surface area contributed by atoms with E-state index in [4.69, 9.17) is 4.74 Å². The number of pyridine rings is 2. The molecule has 0 unspecified atom stereocenters. The van der Waals surface area contributed by atoms with Crippen LogP contribution < -0.4 is 9.64 Å². The summed E-state index contributed by atoms with van der Waals surface area (Å²) in [6.07, 6.45) is 7.07. The van der Waals surface area contributed by atoms with Crippen LogP contribution in [0.3, 0.4) is 0 Å². The van der Waals surface area contributed by atoms with Crippen LogP contribution >= 0.6 is 0 Å². The molecule has 4 heteroatoms. The highest BCUT2D eigenvalue weighted by molar-refractivity contribution is 5.62. The zero-order chi connectivity index (χ0) is 19.1. The fourth-order valence-electron chi connectivity index (χ4n) is 2.97. The van der Waals surface area contributed by atoms with Gasteiger partial charge in [-0.1, -0.05) is 12.1 Å². The van der Waals surface area contributed by atoms with Gasteiger partial charge in [-0.25, -0.2) is 4.98 Å². The molecule has 0 radical (unpaired) electrons. The number of hydrogen-bond acceptors (Lipinski definition) is 4. The highest BCUT2D eigenvalue weighted by atomic mass is 16.5. The first-order valence-electron chi connectivity index (χ1n) is 9.42. The third-order valence-electron chi connectivity index (χ3n) is 4.48. The predicted molar refractivity (Wildman–Crippen MR) is 111 cm³/mol. The van der Waals surface area contributed by atoms with Crippen molar-refractivity contribution in [2.24, 2.45) is 0 Å². The molecule has 0 amide bonds. The molecule has 2 aromatic heterocycles. The van der Waals surface area contributed by atoms with Crippen LogP contribution in [0.4, 0.5) is 5.82 Å². The Bertz CT molecular complexity index is 832. The molecule has 3 rings (SSSR count). The minimum Gasteiger partial charge on any atom is -0.491 e. The number of benzene rings is 1. The minimum absolute atomic E-state index is 0.183. The average Bonchev–Trinajstić information content (AvgIpc) is 2.69. The maximum atomic E-state index is 6.06. The highest BCUT2D eigenvalue weighted by Crippen LogP contribution is 2.23. The lowest BCUT2D eigenvalue weighted by Crippen LogP contribution is -2.12. The highest BCUT2D eigenvalue weighted by Gasteiger charge is 2.06. The lowest BCUT2D eigenvalue weighted by atomic mass is 10.1. The van der Waals surface area contributed by atoms with Gasteiger partial charge in [0.25, 0.3) is 0 Å². The molecule has 0 saturated carbocycles. The Morgan fingerprint density at radius 2 is 1.81 bits per heavy atom. The van der Waals surface area contributed by atoms with Gasteiger partial charge in [-0.2, -0.15) is 0 Å². The molecule has 2 heterocycles. The topological polar surface area (TPSA) is 38.2 Å². The summed E-state index contributed by atoms with van der Waals surface area (Å²) in [6, 6.07) is 18.4. The van der Waals surface area contributed by atoms with Gasteiger partial charge in [-0.3, -0.25) is 4.98 Å². The van der Waals surface area contributed by atoms with Gasteiger partial charge in [0.1, 0.15) is 11.6 Å². The zero-order valence-electron chi connectivity index (χ0n) is 16.3. The summed E-state index contributed by atoms with van der Waals surface area (Å²) in [5, 5.41) is 0. The van der Waals surface area contributed by atoms with E-state index < -0.39 is 0 Å². The Balaban J connectivity index is 1.53. The molecule has 0 aliphatic heterocycles. The number of hydrogen-bond donors (Lipinski definition) is 0. The van der Waals surface area contributed by atoms with Gasteiger partial charge in [-0.15, -0.1) is 0 Å². The molecule has 1 atom stereocenters. The molecular weight excluding hydrogens is 334 g/mol. The fraction of sp³-hybridized carbons (Fsp3) is 0.304.